The highest BCUT2D eigenvalue weighted by Gasteiger charge is 2.30. The summed E-state index contributed by atoms with van der Waals surface area (Å²) in [6.45, 7) is 10.7. The van der Waals surface area contributed by atoms with Crippen LogP contribution in [0.1, 0.15) is 24.1 Å². The first-order valence-corrected chi connectivity index (χ1v) is 15.7. The number of aromatic nitrogens is 4. The lowest BCUT2D eigenvalue weighted by atomic mass is 10.0. The molecule has 1 aliphatic rings. The molecule has 0 bridgehead atoms. The Labute approximate surface area is 242 Å². The fourth-order valence-corrected chi connectivity index (χ4v) is 8.12. The molecule has 5 aromatic rings. The number of piperazine rings is 1. The van der Waals surface area contributed by atoms with Crippen LogP contribution in [0.3, 0.4) is 0 Å². The van der Waals surface area contributed by atoms with E-state index in [2.05, 4.69) is 37.4 Å². The van der Waals surface area contributed by atoms with Crippen molar-refractivity contribution < 1.29 is 17.5 Å². The van der Waals surface area contributed by atoms with E-state index in [1.54, 1.807) is 28.8 Å². The van der Waals surface area contributed by atoms with Gasteiger partial charge >= 0.3 is 0 Å². The molecule has 41 heavy (non-hydrogen) atoms. The first-order valence-electron chi connectivity index (χ1n) is 13.4. The van der Waals surface area contributed by atoms with Gasteiger partial charge < -0.3 is 14.4 Å². The summed E-state index contributed by atoms with van der Waals surface area (Å²) in [6, 6.07) is 11.3. The third kappa shape index (κ3) is 5.37. The van der Waals surface area contributed by atoms with Gasteiger partial charge in [0, 0.05) is 61.3 Å². The molecule has 0 amide bonds. The summed E-state index contributed by atoms with van der Waals surface area (Å²) in [5.41, 5.74) is 4.32. The monoisotopic (exact) mass is 593 g/mol. The molecule has 0 spiro atoms. The topological polar surface area (TPSA) is 130 Å². The zero-order valence-corrected chi connectivity index (χ0v) is 24.9. The van der Waals surface area contributed by atoms with Crippen LogP contribution >= 0.6 is 11.3 Å². The Balaban J connectivity index is 1.10. The maximum absolute atomic E-state index is 13.3. The second-order valence-electron chi connectivity index (χ2n) is 10.3. The minimum atomic E-state index is -3.58. The molecule has 0 saturated carbocycles. The van der Waals surface area contributed by atoms with Gasteiger partial charge in [-0.15, -0.1) is 11.3 Å². The number of hydrogen-bond acceptors (Lipinski definition) is 11. The summed E-state index contributed by atoms with van der Waals surface area (Å²) >= 11 is 1.21. The summed E-state index contributed by atoms with van der Waals surface area (Å²) in [7, 11) is -3.58. The van der Waals surface area contributed by atoms with Crippen molar-refractivity contribution in [3.05, 3.63) is 59.9 Å². The van der Waals surface area contributed by atoms with Crippen LogP contribution in [0.2, 0.25) is 0 Å². The first-order chi connectivity index (χ1) is 19.7. The Morgan fingerprint density at radius 3 is 2.54 bits per heavy atom. The normalized spacial score (nSPS) is 15.9. The minimum absolute atomic E-state index is 0.0733. The largest absolute Gasteiger partial charge is 0.366 e. The van der Waals surface area contributed by atoms with E-state index in [4.69, 9.17) is 9.05 Å². The summed E-state index contributed by atoms with van der Waals surface area (Å²) in [4.78, 5) is 12.1. The van der Waals surface area contributed by atoms with E-state index in [-0.39, 0.29) is 6.04 Å². The third-order valence-corrected chi connectivity index (χ3v) is 10.7. The number of aryl methyl sites for hydroxylation is 3. The molecule has 6 rings (SSSR count). The lowest BCUT2D eigenvalue weighted by molar-refractivity contribution is 0.184. The number of nitrogens with zero attached hydrogens (tertiary/aromatic N) is 6. The number of benzene rings is 1. The van der Waals surface area contributed by atoms with Gasteiger partial charge in [0.2, 0.25) is 0 Å². The van der Waals surface area contributed by atoms with Crippen LogP contribution in [-0.4, -0.2) is 76.7 Å². The average molecular weight is 594 g/mol. The van der Waals surface area contributed by atoms with Gasteiger partial charge in [0.05, 0.1) is 21.8 Å². The summed E-state index contributed by atoms with van der Waals surface area (Å²) in [5.74, 6) is 2.09. The predicted molar refractivity (Wildman–Crippen MR) is 157 cm³/mol. The van der Waals surface area contributed by atoms with Gasteiger partial charge in [0.25, 0.3) is 10.0 Å². The van der Waals surface area contributed by atoms with Crippen molar-refractivity contribution in [1.82, 2.24) is 29.5 Å². The van der Waals surface area contributed by atoms with Gasteiger partial charge in [0.1, 0.15) is 22.1 Å². The quantitative estimate of drug-likeness (QED) is 0.269. The second kappa shape index (κ2) is 11.0. The first kappa shape index (κ1) is 27.5. The fourth-order valence-electron chi connectivity index (χ4n) is 5.29. The van der Waals surface area contributed by atoms with Gasteiger partial charge in [-0.3, -0.25) is 4.90 Å². The van der Waals surface area contributed by atoms with Crippen molar-refractivity contribution in [2.24, 2.45) is 0 Å². The molecule has 1 aliphatic heterocycles. The highest BCUT2D eigenvalue weighted by Crippen LogP contribution is 2.35. The van der Waals surface area contributed by atoms with E-state index in [9.17, 15) is 8.42 Å². The van der Waals surface area contributed by atoms with Crippen LogP contribution in [0.4, 0.5) is 5.82 Å². The Hall–Kier alpha value is -3.65. The van der Waals surface area contributed by atoms with E-state index >= 15 is 0 Å². The van der Waals surface area contributed by atoms with E-state index in [1.165, 1.54) is 11.3 Å². The predicted octanol–water partition coefficient (Wildman–Crippen LogP) is 4.73. The molecule has 4 aromatic heterocycles. The van der Waals surface area contributed by atoms with Crippen LogP contribution in [0, 0.1) is 20.8 Å². The van der Waals surface area contributed by atoms with E-state index in [1.807, 2.05) is 39.0 Å². The van der Waals surface area contributed by atoms with Crippen molar-refractivity contribution in [3.8, 4) is 21.8 Å². The number of thiophene rings is 1. The summed E-state index contributed by atoms with van der Waals surface area (Å²) in [6.07, 6.45) is 1.57. The molecule has 1 aromatic carbocycles. The summed E-state index contributed by atoms with van der Waals surface area (Å²) < 4.78 is 39.2. The molecule has 1 saturated heterocycles. The van der Waals surface area contributed by atoms with Gasteiger partial charge in [0.15, 0.2) is 5.76 Å². The maximum Gasteiger partial charge on any atom is 0.252 e. The number of nitrogens with one attached hydrogen (secondary N) is 1. The molecule has 0 radical (unpaired) electrons. The smallest absolute Gasteiger partial charge is 0.252 e. The van der Waals surface area contributed by atoms with Gasteiger partial charge in [-0.2, -0.15) is 4.31 Å². The molecule has 214 valence electrons. The minimum Gasteiger partial charge on any atom is -0.366 e. The highest BCUT2D eigenvalue weighted by atomic mass is 32.2. The van der Waals surface area contributed by atoms with Crippen molar-refractivity contribution >= 4 is 38.1 Å². The summed E-state index contributed by atoms with van der Waals surface area (Å²) in [5, 5.41) is 12.5. The molecule has 0 aliphatic carbocycles. The molecule has 0 unspecified atom stereocenters. The van der Waals surface area contributed by atoms with Crippen LogP contribution < -0.4 is 5.32 Å². The number of para-hydroxylation sites is 1. The zero-order chi connectivity index (χ0) is 28.7. The van der Waals surface area contributed by atoms with E-state index in [0.29, 0.717) is 36.1 Å². The van der Waals surface area contributed by atoms with E-state index < -0.39 is 10.0 Å². The van der Waals surface area contributed by atoms with E-state index in [0.717, 1.165) is 56.4 Å². The third-order valence-electron chi connectivity index (χ3n) is 7.26. The second-order valence-corrected chi connectivity index (χ2v) is 13.6. The van der Waals surface area contributed by atoms with Crippen molar-refractivity contribution in [2.75, 3.05) is 38.0 Å². The fraction of sp³-hybridized carbons (Fsp3) is 0.357. The molecule has 13 heteroatoms. The Morgan fingerprint density at radius 1 is 1.02 bits per heavy atom. The number of anilines is 1. The molecular formula is C28H31N7O4S2. The number of sulfonamides is 1. The maximum atomic E-state index is 13.3. The molecular weight excluding hydrogens is 562 g/mol. The number of hydrogen-bond donors (Lipinski definition) is 1. The van der Waals surface area contributed by atoms with Crippen LogP contribution in [0.5, 0.6) is 0 Å². The van der Waals surface area contributed by atoms with Gasteiger partial charge in [-0.25, -0.2) is 18.4 Å². The average Bonchev–Trinajstić information content (AvgIpc) is 3.69. The van der Waals surface area contributed by atoms with Crippen LogP contribution in [0.25, 0.3) is 32.7 Å². The Bertz CT molecular complexity index is 1780. The molecule has 1 fully saturated rings. The highest BCUT2D eigenvalue weighted by molar-refractivity contribution is 7.91. The van der Waals surface area contributed by atoms with Gasteiger partial charge in [-0.05, 0) is 45.9 Å². The number of fused-ring (bicyclic) bond motifs is 1. The van der Waals surface area contributed by atoms with Crippen molar-refractivity contribution in [1.29, 1.82) is 0 Å². The van der Waals surface area contributed by atoms with Gasteiger partial charge in [-0.1, -0.05) is 22.4 Å². The van der Waals surface area contributed by atoms with Crippen LogP contribution in [0.15, 0.2) is 56.0 Å². The lowest BCUT2D eigenvalue weighted by Gasteiger charge is -2.35. The Kier molecular flexibility index (Phi) is 7.36. The molecule has 11 nitrogen and oxygen atoms in total. The van der Waals surface area contributed by atoms with Crippen molar-refractivity contribution in [3.63, 3.8) is 0 Å². The zero-order valence-electron chi connectivity index (χ0n) is 23.3. The van der Waals surface area contributed by atoms with Crippen molar-refractivity contribution in [2.45, 2.75) is 37.9 Å². The lowest BCUT2D eigenvalue weighted by Crippen LogP contribution is -2.50. The standard InChI is InChI=1S/C28H31N7O4S2/c1-17-14-23(39-32-17)24-8-9-25(40-24)41(36,37)35-12-10-34(11-13-35)15-18(2)31-28-22-7-5-6-21(27(22)29-16-30-28)26-19(3)33-38-20(26)4/h5-9,14,16,18H,10-13,15H2,1-4H3,(H,29,30,31)/t18-/m0/s1. The molecule has 1 atom stereocenters. The SMILES string of the molecule is Cc1cc(-c2ccc(S(=O)(=O)N3CCN(C[C@H](C)Nc4ncnc5c(-c6c(C)noc6C)cccc45)CC3)s2)on1. The molecule has 1 N–H and O–H groups in total. The Morgan fingerprint density at radius 2 is 1.83 bits per heavy atom. The molecule has 5 heterocycles. The number of rotatable bonds is 8. The van der Waals surface area contributed by atoms with Crippen LogP contribution in [-0.2, 0) is 10.0 Å².